The van der Waals surface area contributed by atoms with Crippen LogP contribution >= 0.6 is 11.3 Å². The molecule has 2 rings (SSSR count). The van der Waals surface area contributed by atoms with Crippen LogP contribution in [0.25, 0.3) is 0 Å². The number of hydrogen-bond acceptors (Lipinski definition) is 4. The summed E-state index contributed by atoms with van der Waals surface area (Å²) in [6.07, 6.45) is 0. The molecule has 0 saturated heterocycles. The second kappa shape index (κ2) is 7.95. The second-order valence-electron chi connectivity index (χ2n) is 5.67. The number of amides is 2. The van der Waals surface area contributed by atoms with Gasteiger partial charge in [0.25, 0.3) is 11.8 Å². The van der Waals surface area contributed by atoms with E-state index >= 15 is 0 Å². The van der Waals surface area contributed by atoms with Crippen LogP contribution in [0.4, 0.5) is 5.00 Å². The monoisotopic (exact) mass is 355 g/mol. The van der Waals surface area contributed by atoms with Gasteiger partial charge in [-0.05, 0) is 45.4 Å². The molecule has 2 aromatic rings. The van der Waals surface area contributed by atoms with Crippen molar-refractivity contribution in [1.82, 2.24) is 4.90 Å². The van der Waals surface area contributed by atoms with Gasteiger partial charge in [0.1, 0.15) is 11.1 Å². The van der Waals surface area contributed by atoms with Crippen LogP contribution in [0.1, 0.15) is 50.6 Å². The Hall–Kier alpha value is -2.65. The van der Waals surface area contributed by atoms with E-state index < -0.39 is 0 Å². The molecule has 0 radical (unpaired) electrons. The third-order valence-corrected chi connectivity index (χ3v) is 5.24. The van der Waals surface area contributed by atoms with E-state index in [1.165, 1.54) is 0 Å². The van der Waals surface area contributed by atoms with Crippen LogP contribution < -0.4 is 5.32 Å². The first kappa shape index (κ1) is 18.7. The Morgan fingerprint density at radius 2 is 1.76 bits per heavy atom. The minimum atomic E-state index is -0.292. The molecule has 0 unspecified atom stereocenters. The van der Waals surface area contributed by atoms with Gasteiger partial charge in [0, 0.05) is 18.7 Å². The fourth-order valence-electron chi connectivity index (χ4n) is 2.47. The average molecular weight is 355 g/mol. The van der Waals surface area contributed by atoms with E-state index in [2.05, 4.69) is 11.4 Å². The minimum Gasteiger partial charge on any atom is -0.338 e. The van der Waals surface area contributed by atoms with Gasteiger partial charge in [0.15, 0.2) is 0 Å². The molecule has 1 heterocycles. The van der Waals surface area contributed by atoms with E-state index in [1.807, 2.05) is 32.9 Å². The van der Waals surface area contributed by atoms with Crippen molar-refractivity contribution in [3.05, 3.63) is 51.4 Å². The highest BCUT2D eigenvalue weighted by molar-refractivity contribution is 7.18. The Morgan fingerprint density at radius 1 is 1.16 bits per heavy atom. The van der Waals surface area contributed by atoms with Crippen LogP contribution in [0.3, 0.4) is 0 Å². The first-order chi connectivity index (χ1) is 11.9. The van der Waals surface area contributed by atoms with Gasteiger partial charge >= 0.3 is 0 Å². The Bertz CT molecular complexity index is 828. The molecule has 6 heteroatoms. The summed E-state index contributed by atoms with van der Waals surface area (Å²) in [5.74, 6) is -0.403. The lowest BCUT2D eigenvalue weighted by Crippen LogP contribution is -2.30. The molecule has 0 atom stereocenters. The highest BCUT2D eigenvalue weighted by Gasteiger charge is 2.24. The number of aryl methyl sites for hydroxylation is 1. The third kappa shape index (κ3) is 3.89. The lowest BCUT2D eigenvalue weighted by molar-refractivity contribution is 0.0777. The van der Waals surface area contributed by atoms with Crippen LogP contribution in [-0.4, -0.2) is 29.8 Å². The number of thiophene rings is 1. The zero-order valence-corrected chi connectivity index (χ0v) is 15.7. The number of hydrogen-bond donors (Lipinski definition) is 1. The van der Waals surface area contributed by atoms with Crippen LogP contribution in [-0.2, 0) is 0 Å². The van der Waals surface area contributed by atoms with Gasteiger partial charge < -0.3 is 10.2 Å². The maximum absolute atomic E-state index is 12.6. The second-order valence-corrected chi connectivity index (χ2v) is 6.69. The van der Waals surface area contributed by atoms with Gasteiger partial charge in [-0.1, -0.05) is 17.7 Å². The molecule has 0 aliphatic rings. The fraction of sp³-hybridized carbons (Fsp3) is 0.316. The summed E-state index contributed by atoms with van der Waals surface area (Å²) in [6.45, 7) is 8.71. The lowest BCUT2D eigenvalue weighted by Gasteiger charge is -2.17. The molecular weight excluding hydrogens is 334 g/mol. The highest BCUT2D eigenvalue weighted by Crippen LogP contribution is 2.33. The molecule has 0 fully saturated rings. The smallest absolute Gasteiger partial charge is 0.264 e. The summed E-state index contributed by atoms with van der Waals surface area (Å²) in [7, 11) is 0. The molecule has 0 bridgehead atoms. The zero-order chi connectivity index (χ0) is 18.6. The molecule has 0 aliphatic carbocycles. The van der Waals surface area contributed by atoms with Crippen molar-refractivity contribution in [2.75, 3.05) is 18.4 Å². The van der Waals surface area contributed by atoms with E-state index in [9.17, 15) is 14.9 Å². The maximum Gasteiger partial charge on any atom is 0.264 e. The Kier molecular flexibility index (Phi) is 5.94. The Morgan fingerprint density at radius 3 is 2.28 bits per heavy atom. The number of nitriles is 1. The minimum absolute atomic E-state index is 0.111. The molecule has 25 heavy (non-hydrogen) atoms. The average Bonchev–Trinajstić information content (AvgIpc) is 2.91. The van der Waals surface area contributed by atoms with Crippen LogP contribution in [0.2, 0.25) is 0 Å². The molecule has 2 amide bonds. The number of nitrogens with zero attached hydrogens (tertiary/aromatic N) is 2. The SMILES string of the molecule is CCN(CC)C(=O)c1sc(NC(=O)c2ccc(C)cc2)c(C#N)c1C. The summed E-state index contributed by atoms with van der Waals surface area (Å²) in [6, 6.07) is 9.29. The number of rotatable bonds is 5. The molecule has 1 aromatic heterocycles. The summed E-state index contributed by atoms with van der Waals surface area (Å²) < 4.78 is 0. The molecular formula is C19H21N3O2S. The van der Waals surface area contributed by atoms with Crippen LogP contribution in [0, 0.1) is 25.2 Å². The number of carbonyl (C=O) groups excluding carboxylic acids is 2. The van der Waals surface area contributed by atoms with Gasteiger partial charge in [-0.15, -0.1) is 11.3 Å². The van der Waals surface area contributed by atoms with E-state index in [4.69, 9.17) is 0 Å². The van der Waals surface area contributed by atoms with Crippen LogP contribution in [0.15, 0.2) is 24.3 Å². The summed E-state index contributed by atoms with van der Waals surface area (Å²) >= 11 is 1.16. The topological polar surface area (TPSA) is 73.2 Å². The summed E-state index contributed by atoms with van der Waals surface area (Å²) in [5.41, 5.74) is 2.54. The molecule has 1 N–H and O–H groups in total. The Balaban J connectivity index is 2.34. The van der Waals surface area contributed by atoms with E-state index in [0.29, 0.717) is 39.7 Å². The first-order valence-corrected chi connectivity index (χ1v) is 8.95. The summed E-state index contributed by atoms with van der Waals surface area (Å²) in [5, 5.41) is 12.6. The molecule has 0 aliphatic heterocycles. The largest absolute Gasteiger partial charge is 0.338 e. The number of anilines is 1. The van der Waals surface area contributed by atoms with Crippen molar-refractivity contribution < 1.29 is 9.59 Å². The van der Waals surface area contributed by atoms with Gasteiger partial charge in [-0.3, -0.25) is 9.59 Å². The van der Waals surface area contributed by atoms with Gasteiger partial charge in [-0.2, -0.15) is 5.26 Å². The molecule has 0 spiro atoms. The van der Waals surface area contributed by atoms with E-state index in [1.54, 1.807) is 24.0 Å². The van der Waals surface area contributed by atoms with Crippen molar-refractivity contribution in [1.29, 1.82) is 5.26 Å². The molecule has 1 aromatic carbocycles. The standard InChI is InChI=1S/C19H21N3O2S/c1-5-22(6-2)19(24)16-13(4)15(11-20)18(25-16)21-17(23)14-9-7-12(3)8-10-14/h7-10H,5-6H2,1-4H3,(H,21,23). The van der Waals surface area contributed by atoms with Crippen molar-refractivity contribution >= 4 is 28.2 Å². The Labute approximate surface area is 151 Å². The number of benzene rings is 1. The predicted octanol–water partition coefficient (Wildman–Crippen LogP) is 3.97. The fourth-order valence-corrected chi connectivity index (χ4v) is 3.60. The van der Waals surface area contributed by atoms with Crippen molar-refractivity contribution in [2.45, 2.75) is 27.7 Å². The first-order valence-electron chi connectivity index (χ1n) is 8.13. The number of nitrogens with one attached hydrogen (secondary N) is 1. The van der Waals surface area contributed by atoms with E-state index in [0.717, 1.165) is 16.9 Å². The predicted molar refractivity (Wildman–Crippen MR) is 100 cm³/mol. The van der Waals surface area contributed by atoms with Crippen molar-refractivity contribution in [3.63, 3.8) is 0 Å². The summed E-state index contributed by atoms with van der Waals surface area (Å²) in [4.78, 5) is 27.2. The lowest BCUT2D eigenvalue weighted by atomic mass is 10.1. The van der Waals surface area contributed by atoms with Gasteiger partial charge in [0.2, 0.25) is 0 Å². The van der Waals surface area contributed by atoms with Crippen molar-refractivity contribution in [2.24, 2.45) is 0 Å². The highest BCUT2D eigenvalue weighted by atomic mass is 32.1. The zero-order valence-electron chi connectivity index (χ0n) is 14.8. The van der Waals surface area contributed by atoms with Gasteiger partial charge in [0.05, 0.1) is 10.4 Å². The normalized spacial score (nSPS) is 10.2. The van der Waals surface area contributed by atoms with Gasteiger partial charge in [-0.25, -0.2) is 0 Å². The van der Waals surface area contributed by atoms with Crippen molar-refractivity contribution in [3.8, 4) is 6.07 Å². The van der Waals surface area contributed by atoms with E-state index in [-0.39, 0.29) is 11.8 Å². The van der Waals surface area contributed by atoms with Crippen LogP contribution in [0.5, 0.6) is 0 Å². The maximum atomic E-state index is 12.6. The quantitative estimate of drug-likeness (QED) is 0.882. The third-order valence-electron chi connectivity index (χ3n) is 4.04. The molecule has 5 nitrogen and oxygen atoms in total. The molecule has 0 saturated carbocycles. The number of carbonyl (C=O) groups is 2. The molecule has 130 valence electrons.